The molecule has 0 saturated carbocycles. The lowest BCUT2D eigenvalue weighted by Crippen LogP contribution is -2.09. The molecule has 23 heavy (non-hydrogen) atoms. The van der Waals surface area contributed by atoms with Crippen molar-refractivity contribution in [3.05, 3.63) is 46.5 Å². The molecule has 1 N–H and O–H groups in total. The van der Waals surface area contributed by atoms with Crippen LogP contribution in [0.4, 0.5) is 0 Å². The summed E-state index contributed by atoms with van der Waals surface area (Å²) in [6, 6.07) is 10.00. The van der Waals surface area contributed by atoms with Gasteiger partial charge in [-0.2, -0.15) is 0 Å². The van der Waals surface area contributed by atoms with Crippen molar-refractivity contribution in [2.45, 2.75) is 26.7 Å². The zero-order chi connectivity index (χ0) is 17.0. The van der Waals surface area contributed by atoms with Crippen LogP contribution in [0.1, 0.15) is 30.9 Å². The van der Waals surface area contributed by atoms with Crippen LogP contribution in [-0.2, 0) is 0 Å². The summed E-state index contributed by atoms with van der Waals surface area (Å²) in [6.07, 6.45) is 0. The van der Waals surface area contributed by atoms with Gasteiger partial charge in [-0.15, -0.1) is 0 Å². The van der Waals surface area contributed by atoms with Crippen molar-refractivity contribution in [1.82, 2.24) is 0 Å². The maximum absolute atomic E-state index is 9.67. The first-order valence-electron chi connectivity index (χ1n) is 7.75. The van der Waals surface area contributed by atoms with E-state index >= 15 is 0 Å². The predicted octanol–water partition coefficient (Wildman–Crippen LogP) is 4.82. The Morgan fingerprint density at radius 3 is 2.35 bits per heavy atom. The molecule has 0 aromatic heterocycles. The molecule has 1 unspecified atom stereocenters. The van der Waals surface area contributed by atoms with Gasteiger partial charge in [0.15, 0.2) is 0 Å². The number of aliphatic hydroxyl groups excluding tert-OH is 1. The lowest BCUT2D eigenvalue weighted by molar-refractivity contribution is 0.262. The number of aliphatic hydroxyl groups is 1. The van der Waals surface area contributed by atoms with E-state index in [0.29, 0.717) is 17.4 Å². The third kappa shape index (κ3) is 3.31. The minimum Gasteiger partial charge on any atom is -0.495 e. The average Bonchev–Trinajstić information content (AvgIpc) is 2.58. The fourth-order valence-corrected chi connectivity index (χ4v) is 3.06. The van der Waals surface area contributed by atoms with Gasteiger partial charge in [0.1, 0.15) is 11.5 Å². The molecule has 2 rings (SSSR count). The summed E-state index contributed by atoms with van der Waals surface area (Å²) in [5.41, 5.74) is 3.70. The van der Waals surface area contributed by atoms with Crippen molar-refractivity contribution in [2.75, 3.05) is 20.3 Å². The largest absolute Gasteiger partial charge is 0.495 e. The Kier molecular flexibility index (Phi) is 5.91. The highest BCUT2D eigenvalue weighted by atomic mass is 35.5. The maximum Gasteiger partial charge on any atom is 0.145 e. The van der Waals surface area contributed by atoms with Crippen LogP contribution in [-0.4, -0.2) is 25.4 Å². The zero-order valence-corrected chi connectivity index (χ0v) is 14.8. The number of methoxy groups -OCH3 is 1. The Morgan fingerprint density at radius 2 is 1.83 bits per heavy atom. The van der Waals surface area contributed by atoms with E-state index < -0.39 is 0 Å². The minimum absolute atomic E-state index is 0.00987. The molecule has 124 valence electrons. The van der Waals surface area contributed by atoms with Crippen molar-refractivity contribution in [3.63, 3.8) is 0 Å². The quantitative estimate of drug-likeness (QED) is 0.823. The van der Waals surface area contributed by atoms with Crippen LogP contribution in [0.5, 0.6) is 11.5 Å². The van der Waals surface area contributed by atoms with Crippen LogP contribution in [0.25, 0.3) is 11.1 Å². The summed E-state index contributed by atoms with van der Waals surface area (Å²) in [5, 5.41) is 10.2. The molecule has 0 aliphatic carbocycles. The second-order valence-electron chi connectivity index (χ2n) is 5.47. The molecule has 0 aliphatic heterocycles. The Balaban J connectivity index is 2.87. The van der Waals surface area contributed by atoms with Crippen LogP contribution in [0.15, 0.2) is 30.3 Å². The van der Waals surface area contributed by atoms with Crippen LogP contribution in [0, 0.1) is 6.92 Å². The van der Waals surface area contributed by atoms with Crippen LogP contribution < -0.4 is 9.47 Å². The molecule has 0 bridgehead atoms. The van der Waals surface area contributed by atoms with Crippen LogP contribution >= 0.6 is 11.6 Å². The molecule has 2 aromatic rings. The molecule has 0 aliphatic rings. The van der Waals surface area contributed by atoms with E-state index in [4.69, 9.17) is 21.1 Å². The number of hydrogen-bond donors (Lipinski definition) is 1. The summed E-state index contributed by atoms with van der Waals surface area (Å²) < 4.78 is 11.5. The standard InChI is InChI=1S/C19H23ClO3/c1-5-23-18-15(12(2)11-21)19(22-4)17(20)13(3)16(18)14-9-7-6-8-10-14/h6-10,12,21H,5,11H2,1-4H3. The van der Waals surface area contributed by atoms with Crippen molar-refractivity contribution in [1.29, 1.82) is 0 Å². The van der Waals surface area contributed by atoms with Gasteiger partial charge in [0.2, 0.25) is 0 Å². The summed E-state index contributed by atoms with van der Waals surface area (Å²) in [6.45, 7) is 6.35. The highest BCUT2D eigenvalue weighted by molar-refractivity contribution is 6.33. The molecule has 0 amide bonds. The molecule has 0 heterocycles. The highest BCUT2D eigenvalue weighted by Gasteiger charge is 2.26. The molecular formula is C19H23ClO3. The molecule has 0 spiro atoms. The van der Waals surface area contributed by atoms with Gasteiger partial charge in [-0.3, -0.25) is 0 Å². The van der Waals surface area contributed by atoms with Gasteiger partial charge in [-0.05, 0) is 25.0 Å². The smallest absolute Gasteiger partial charge is 0.145 e. The lowest BCUT2D eigenvalue weighted by atomic mass is 9.90. The normalized spacial score (nSPS) is 12.1. The Bertz CT molecular complexity index is 668. The van der Waals surface area contributed by atoms with E-state index in [1.165, 1.54) is 0 Å². The second-order valence-corrected chi connectivity index (χ2v) is 5.85. The van der Waals surface area contributed by atoms with E-state index in [1.54, 1.807) is 7.11 Å². The molecule has 2 aromatic carbocycles. The fraction of sp³-hybridized carbons (Fsp3) is 0.368. The monoisotopic (exact) mass is 334 g/mol. The molecule has 0 saturated heterocycles. The maximum atomic E-state index is 9.67. The first kappa shape index (κ1) is 17.6. The van der Waals surface area contributed by atoms with E-state index in [2.05, 4.69) is 0 Å². The van der Waals surface area contributed by atoms with Gasteiger partial charge < -0.3 is 14.6 Å². The summed E-state index contributed by atoms with van der Waals surface area (Å²) in [4.78, 5) is 0. The van der Waals surface area contributed by atoms with Crippen molar-refractivity contribution >= 4 is 11.6 Å². The first-order chi connectivity index (χ1) is 11.1. The predicted molar refractivity (Wildman–Crippen MR) is 94.8 cm³/mol. The SMILES string of the molecule is CCOc1c(-c2ccccc2)c(C)c(Cl)c(OC)c1C(C)CO. The number of rotatable bonds is 6. The number of halogens is 1. The number of hydrogen-bond acceptors (Lipinski definition) is 3. The molecule has 4 heteroatoms. The van der Waals surface area contributed by atoms with E-state index in [9.17, 15) is 5.11 Å². The Hall–Kier alpha value is -1.71. The van der Waals surface area contributed by atoms with Gasteiger partial charge in [-0.25, -0.2) is 0 Å². The van der Waals surface area contributed by atoms with Gasteiger partial charge in [0.05, 0.1) is 18.7 Å². The van der Waals surface area contributed by atoms with E-state index in [0.717, 1.165) is 28.0 Å². The Labute approximate surface area is 142 Å². The van der Waals surface area contributed by atoms with E-state index in [-0.39, 0.29) is 12.5 Å². The number of ether oxygens (including phenoxy) is 2. The molecule has 1 atom stereocenters. The van der Waals surface area contributed by atoms with Gasteiger partial charge in [0.25, 0.3) is 0 Å². The number of benzene rings is 2. The molecular weight excluding hydrogens is 312 g/mol. The fourth-order valence-electron chi connectivity index (χ4n) is 2.79. The average molecular weight is 335 g/mol. The Morgan fingerprint density at radius 1 is 1.17 bits per heavy atom. The highest BCUT2D eigenvalue weighted by Crippen LogP contribution is 2.49. The van der Waals surface area contributed by atoms with Crippen molar-refractivity contribution < 1.29 is 14.6 Å². The molecule has 3 nitrogen and oxygen atoms in total. The zero-order valence-electron chi connectivity index (χ0n) is 14.0. The third-order valence-corrected chi connectivity index (χ3v) is 4.40. The van der Waals surface area contributed by atoms with Crippen LogP contribution in [0.2, 0.25) is 5.02 Å². The van der Waals surface area contributed by atoms with Gasteiger partial charge >= 0.3 is 0 Å². The molecule has 0 fully saturated rings. The lowest BCUT2D eigenvalue weighted by Gasteiger charge is -2.24. The van der Waals surface area contributed by atoms with Crippen molar-refractivity contribution in [3.8, 4) is 22.6 Å². The molecule has 0 radical (unpaired) electrons. The topological polar surface area (TPSA) is 38.7 Å². The summed E-state index contributed by atoms with van der Waals surface area (Å²) in [5.74, 6) is 1.17. The second kappa shape index (κ2) is 7.71. The minimum atomic E-state index is -0.146. The third-order valence-electron chi connectivity index (χ3n) is 3.94. The van der Waals surface area contributed by atoms with Gasteiger partial charge in [-0.1, -0.05) is 48.9 Å². The summed E-state index contributed by atoms with van der Waals surface area (Å²) >= 11 is 6.56. The summed E-state index contributed by atoms with van der Waals surface area (Å²) in [7, 11) is 1.59. The van der Waals surface area contributed by atoms with Crippen LogP contribution in [0.3, 0.4) is 0 Å². The van der Waals surface area contributed by atoms with Gasteiger partial charge in [0, 0.05) is 23.7 Å². The first-order valence-corrected chi connectivity index (χ1v) is 8.13. The van der Waals surface area contributed by atoms with E-state index in [1.807, 2.05) is 51.1 Å². The van der Waals surface area contributed by atoms with Crippen molar-refractivity contribution in [2.24, 2.45) is 0 Å².